The summed E-state index contributed by atoms with van der Waals surface area (Å²) >= 11 is 0. The maximum atomic E-state index is 6.66. The molecule has 0 spiro atoms. The summed E-state index contributed by atoms with van der Waals surface area (Å²) in [6, 6.07) is 38.5. The van der Waals surface area contributed by atoms with Crippen LogP contribution in [0, 0.1) is 0 Å². The predicted molar refractivity (Wildman–Crippen MR) is 147 cm³/mol. The van der Waals surface area contributed by atoms with Crippen LogP contribution in [0.2, 0.25) is 0 Å². The number of ether oxygens (including phenoxy) is 5. The molecule has 0 aromatic heterocycles. The molecule has 196 valence electrons. The molecule has 5 rings (SSSR count). The van der Waals surface area contributed by atoms with Gasteiger partial charge in [-0.1, -0.05) is 103 Å². The standard InChI is InChI=1S/C33H34O5/c1-34-29-19-11-18-28(20-29)31-33(37-23-27-16-9-4-10-17-27)32(36-22-26-14-7-3-8-15-26)30(38-31)24-35-21-25-12-5-2-6-13-25/h2-20,30-33H,21-24H2,1H3/t30-,31+,32-,33+/m1/s1. The minimum atomic E-state index is -0.337. The van der Waals surface area contributed by atoms with Crippen molar-refractivity contribution >= 4 is 0 Å². The largest absolute Gasteiger partial charge is 0.497 e. The van der Waals surface area contributed by atoms with Crippen LogP contribution in [-0.2, 0) is 38.8 Å². The van der Waals surface area contributed by atoms with Crippen LogP contribution in [0.4, 0.5) is 0 Å². The zero-order chi connectivity index (χ0) is 26.0. The summed E-state index contributed by atoms with van der Waals surface area (Å²) in [6.45, 7) is 1.81. The molecule has 38 heavy (non-hydrogen) atoms. The van der Waals surface area contributed by atoms with Crippen LogP contribution in [0.3, 0.4) is 0 Å². The summed E-state index contributed by atoms with van der Waals surface area (Å²) < 4.78 is 31.4. The van der Waals surface area contributed by atoms with E-state index in [2.05, 4.69) is 36.4 Å². The average molecular weight is 511 g/mol. The zero-order valence-corrected chi connectivity index (χ0v) is 21.6. The van der Waals surface area contributed by atoms with E-state index in [-0.39, 0.29) is 24.4 Å². The number of benzene rings is 4. The highest BCUT2D eigenvalue weighted by Gasteiger charge is 2.47. The van der Waals surface area contributed by atoms with Crippen LogP contribution < -0.4 is 4.74 Å². The molecule has 5 heteroatoms. The van der Waals surface area contributed by atoms with Crippen molar-refractivity contribution in [3.8, 4) is 5.75 Å². The second-order valence-electron chi connectivity index (χ2n) is 9.39. The fraction of sp³-hybridized carbons (Fsp3) is 0.273. The maximum Gasteiger partial charge on any atom is 0.119 e. The van der Waals surface area contributed by atoms with Crippen molar-refractivity contribution < 1.29 is 23.7 Å². The first kappa shape index (κ1) is 26.1. The Labute approximate surface area is 224 Å². The quantitative estimate of drug-likeness (QED) is 0.217. The summed E-state index contributed by atoms with van der Waals surface area (Å²) in [6.07, 6.45) is -1.30. The van der Waals surface area contributed by atoms with Crippen molar-refractivity contribution in [2.75, 3.05) is 13.7 Å². The number of methoxy groups -OCH3 is 1. The van der Waals surface area contributed by atoms with Crippen molar-refractivity contribution in [3.63, 3.8) is 0 Å². The Kier molecular flexibility index (Phi) is 9.19. The van der Waals surface area contributed by atoms with E-state index in [9.17, 15) is 0 Å². The molecule has 0 unspecified atom stereocenters. The minimum Gasteiger partial charge on any atom is -0.497 e. The molecule has 4 aromatic rings. The van der Waals surface area contributed by atoms with E-state index in [4.69, 9.17) is 23.7 Å². The molecule has 1 saturated heterocycles. The lowest BCUT2D eigenvalue weighted by Gasteiger charge is -2.25. The number of rotatable bonds is 12. The molecule has 0 bridgehead atoms. The third-order valence-corrected chi connectivity index (χ3v) is 6.70. The van der Waals surface area contributed by atoms with Gasteiger partial charge < -0.3 is 23.7 Å². The lowest BCUT2D eigenvalue weighted by atomic mass is 10.0. The van der Waals surface area contributed by atoms with Crippen LogP contribution >= 0.6 is 0 Å². The van der Waals surface area contributed by atoms with Gasteiger partial charge in [0.1, 0.15) is 30.2 Å². The molecular formula is C33H34O5. The zero-order valence-electron chi connectivity index (χ0n) is 21.6. The first-order chi connectivity index (χ1) is 18.8. The van der Waals surface area contributed by atoms with E-state index in [0.717, 1.165) is 28.0 Å². The van der Waals surface area contributed by atoms with E-state index in [1.165, 1.54) is 0 Å². The first-order valence-corrected chi connectivity index (χ1v) is 13.0. The van der Waals surface area contributed by atoms with E-state index in [1.54, 1.807) is 7.11 Å². The summed E-state index contributed by atoms with van der Waals surface area (Å²) in [5.41, 5.74) is 4.31. The molecule has 0 aliphatic carbocycles. The molecular weight excluding hydrogens is 476 g/mol. The summed E-state index contributed by atoms with van der Waals surface area (Å²) in [7, 11) is 1.67. The summed E-state index contributed by atoms with van der Waals surface area (Å²) in [5, 5.41) is 0. The van der Waals surface area contributed by atoms with Crippen LogP contribution in [0.25, 0.3) is 0 Å². The van der Waals surface area contributed by atoms with E-state index in [1.807, 2.05) is 78.9 Å². The third kappa shape index (κ3) is 6.88. The van der Waals surface area contributed by atoms with Crippen molar-refractivity contribution in [1.82, 2.24) is 0 Å². The highest BCUT2D eigenvalue weighted by atomic mass is 16.6. The maximum absolute atomic E-state index is 6.66. The second kappa shape index (κ2) is 13.4. The van der Waals surface area contributed by atoms with Crippen LogP contribution in [0.15, 0.2) is 115 Å². The SMILES string of the molecule is COc1cccc([C@@H]2O[C@H](COCc3ccccc3)[C@@H](OCc3ccccc3)[C@H]2OCc2ccccc2)c1. The smallest absolute Gasteiger partial charge is 0.119 e. The Balaban J connectivity index is 1.39. The number of hydrogen-bond acceptors (Lipinski definition) is 5. The Morgan fingerprint density at radius 2 is 1.16 bits per heavy atom. The van der Waals surface area contributed by atoms with Crippen molar-refractivity contribution in [3.05, 3.63) is 138 Å². The molecule has 5 nitrogen and oxygen atoms in total. The topological polar surface area (TPSA) is 46.2 Å². The lowest BCUT2D eigenvalue weighted by Crippen LogP contribution is -2.37. The Morgan fingerprint density at radius 1 is 0.605 bits per heavy atom. The highest BCUT2D eigenvalue weighted by molar-refractivity contribution is 5.31. The van der Waals surface area contributed by atoms with Gasteiger partial charge in [-0.3, -0.25) is 0 Å². The fourth-order valence-electron chi connectivity index (χ4n) is 4.73. The lowest BCUT2D eigenvalue weighted by molar-refractivity contribution is -0.0898. The van der Waals surface area contributed by atoms with Gasteiger partial charge in [-0.05, 0) is 34.4 Å². The monoisotopic (exact) mass is 510 g/mol. The Morgan fingerprint density at radius 3 is 1.74 bits per heavy atom. The first-order valence-electron chi connectivity index (χ1n) is 13.0. The molecule has 1 heterocycles. The molecule has 0 saturated carbocycles. The molecule has 4 atom stereocenters. The summed E-state index contributed by atoms with van der Waals surface area (Å²) in [5.74, 6) is 0.776. The van der Waals surface area contributed by atoms with E-state index in [0.29, 0.717) is 26.4 Å². The molecule has 0 radical (unpaired) electrons. The van der Waals surface area contributed by atoms with Gasteiger partial charge in [0.15, 0.2) is 0 Å². The molecule has 1 aliphatic rings. The number of hydrogen-bond donors (Lipinski definition) is 0. The van der Waals surface area contributed by atoms with E-state index >= 15 is 0 Å². The van der Waals surface area contributed by atoms with Gasteiger partial charge >= 0.3 is 0 Å². The molecule has 1 fully saturated rings. The molecule has 0 amide bonds. The van der Waals surface area contributed by atoms with Crippen molar-refractivity contribution in [1.29, 1.82) is 0 Å². The summed E-state index contributed by atoms with van der Waals surface area (Å²) in [4.78, 5) is 0. The highest BCUT2D eigenvalue weighted by Crippen LogP contribution is 2.39. The van der Waals surface area contributed by atoms with Gasteiger partial charge in [-0.15, -0.1) is 0 Å². The van der Waals surface area contributed by atoms with Crippen LogP contribution in [0.1, 0.15) is 28.4 Å². The second-order valence-corrected chi connectivity index (χ2v) is 9.39. The van der Waals surface area contributed by atoms with Gasteiger partial charge in [0.2, 0.25) is 0 Å². The van der Waals surface area contributed by atoms with Crippen LogP contribution in [0.5, 0.6) is 5.75 Å². The Bertz CT molecular complexity index is 1230. The molecule has 0 N–H and O–H groups in total. The third-order valence-electron chi connectivity index (χ3n) is 6.70. The predicted octanol–water partition coefficient (Wildman–Crippen LogP) is 6.52. The molecule has 1 aliphatic heterocycles. The van der Waals surface area contributed by atoms with Crippen molar-refractivity contribution in [2.24, 2.45) is 0 Å². The van der Waals surface area contributed by atoms with Gasteiger partial charge in [0, 0.05) is 0 Å². The van der Waals surface area contributed by atoms with Crippen molar-refractivity contribution in [2.45, 2.75) is 44.2 Å². The van der Waals surface area contributed by atoms with Gasteiger partial charge in [-0.2, -0.15) is 0 Å². The minimum absolute atomic E-state index is 0.306. The Hall–Kier alpha value is -3.48. The fourth-order valence-corrected chi connectivity index (χ4v) is 4.73. The van der Waals surface area contributed by atoms with Crippen LogP contribution in [-0.4, -0.2) is 32.0 Å². The van der Waals surface area contributed by atoms with Gasteiger partial charge in [0.25, 0.3) is 0 Å². The average Bonchev–Trinajstić information content (AvgIpc) is 3.33. The van der Waals surface area contributed by atoms with Gasteiger partial charge in [0.05, 0.1) is 33.5 Å². The van der Waals surface area contributed by atoms with E-state index < -0.39 is 0 Å². The van der Waals surface area contributed by atoms with Gasteiger partial charge in [-0.25, -0.2) is 0 Å². The molecule has 4 aromatic carbocycles. The normalized spacial score (nSPS) is 20.9.